The molecule has 7 nitrogen and oxygen atoms in total. The molecule has 1 aliphatic rings. The number of hydrogen-bond donors (Lipinski definition) is 2. The molecule has 2 aromatic carbocycles. The van der Waals surface area contributed by atoms with Crippen molar-refractivity contribution in [3.05, 3.63) is 53.1 Å². The van der Waals surface area contributed by atoms with Gasteiger partial charge < -0.3 is 15.1 Å². The Bertz CT molecular complexity index is 1020. The maximum Gasteiger partial charge on any atom is 0.255 e. The fraction of sp³-hybridized carbons (Fsp3) is 0.409. The number of anilines is 2. The lowest BCUT2D eigenvalue weighted by molar-refractivity contribution is 0.102. The Morgan fingerprint density at radius 3 is 2.35 bits per heavy atom. The van der Waals surface area contributed by atoms with Crippen LogP contribution < -0.4 is 14.9 Å². The van der Waals surface area contributed by atoms with E-state index in [2.05, 4.69) is 26.9 Å². The van der Waals surface area contributed by atoms with Crippen LogP contribution >= 0.6 is 11.6 Å². The number of likely N-dealkylation sites (N-methyl/N-ethyl adjacent to an activating group) is 1. The van der Waals surface area contributed by atoms with Gasteiger partial charge in [0.25, 0.3) is 5.91 Å². The highest BCUT2D eigenvalue weighted by molar-refractivity contribution is 7.89. The molecule has 1 amide bonds. The number of benzene rings is 2. The summed E-state index contributed by atoms with van der Waals surface area (Å²) >= 11 is 6.18. The second-order valence-electron chi connectivity index (χ2n) is 7.86. The normalized spacial score (nSPS) is 16.2. The average molecular weight is 465 g/mol. The fourth-order valence-electron chi connectivity index (χ4n) is 3.33. The molecular weight excluding hydrogens is 436 g/mol. The Balaban J connectivity index is 1.77. The van der Waals surface area contributed by atoms with Gasteiger partial charge in [0, 0.05) is 42.8 Å². The molecule has 3 rings (SSSR count). The summed E-state index contributed by atoms with van der Waals surface area (Å²) < 4.78 is 27.4. The molecule has 0 radical (unpaired) electrons. The monoisotopic (exact) mass is 464 g/mol. The lowest BCUT2D eigenvalue weighted by Gasteiger charge is -2.35. The van der Waals surface area contributed by atoms with Crippen LogP contribution in [-0.4, -0.2) is 58.5 Å². The number of carbonyl (C=O) groups is 1. The number of amides is 1. The summed E-state index contributed by atoms with van der Waals surface area (Å²) in [6, 6.07) is 11.2. The van der Waals surface area contributed by atoms with Crippen molar-refractivity contribution in [3.63, 3.8) is 0 Å². The summed E-state index contributed by atoms with van der Waals surface area (Å²) in [4.78, 5) is 17.5. The van der Waals surface area contributed by atoms with E-state index >= 15 is 0 Å². The number of carbonyl (C=O) groups excluding carboxylic acids is 1. The third-order valence-corrected chi connectivity index (χ3v) is 7.29. The third kappa shape index (κ3) is 5.98. The molecule has 0 spiro atoms. The molecule has 0 aliphatic carbocycles. The van der Waals surface area contributed by atoms with Crippen molar-refractivity contribution in [3.8, 4) is 0 Å². The van der Waals surface area contributed by atoms with E-state index in [4.69, 9.17) is 11.6 Å². The molecule has 2 N–H and O–H groups in total. The topological polar surface area (TPSA) is 81.7 Å². The number of sulfonamides is 1. The van der Waals surface area contributed by atoms with Crippen LogP contribution in [0.5, 0.6) is 0 Å². The minimum Gasteiger partial charge on any atom is -0.367 e. The second-order valence-corrected chi connectivity index (χ2v) is 10.0. The van der Waals surface area contributed by atoms with Crippen molar-refractivity contribution in [2.75, 3.05) is 43.4 Å². The van der Waals surface area contributed by atoms with Gasteiger partial charge in [0.2, 0.25) is 10.0 Å². The fourth-order valence-corrected chi connectivity index (χ4v) is 4.83. The number of halogens is 1. The van der Waals surface area contributed by atoms with Crippen LogP contribution in [0.25, 0.3) is 0 Å². The molecule has 1 atom stereocenters. The third-order valence-electron chi connectivity index (χ3n) is 5.45. The largest absolute Gasteiger partial charge is 0.367 e. The van der Waals surface area contributed by atoms with Crippen LogP contribution in [0.1, 0.15) is 30.6 Å². The zero-order chi connectivity index (χ0) is 22.6. The van der Waals surface area contributed by atoms with E-state index in [0.29, 0.717) is 22.7 Å². The minimum atomic E-state index is -3.61. The number of rotatable bonds is 7. The van der Waals surface area contributed by atoms with Crippen molar-refractivity contribution in [1.82, 2.24) is 9.62 Å². The Hall–Kier alpha value is -2.13. The van der Waals surface area contributed by atoms with Gasteiger partial charge in [0.1, 0.15) is 0 Å². The van der Waals surface area contributed by atoms with Crippen molar-refractivity contribution in [2.45, 2.75) is 31.2 Å². The van der Waals surface area contributed by atoms with Gasteiger partial charge in [-0.05, 0) is 62.9 Å². The van der Waals surface area contributed by atoms with Crippen LogP contribution in [0.4, 0.5) is 11.4 Å². The van der Waals surface area contributed by atoms with E-state index in [1.807, 2.05) is 26.0 Å². The summed E-state index contributed by atoms with van der Waals surface area (Å²) in [5, 5.41) is 3.47. The number of nitrogens with zero attached hydrogens (tertiary/aromatic N) is 2. The summed E-state index contributed by atoms with van der Waals surface area (Å²) in [6.07, 6.45) is 0.689. The quantitative estimate of drug-likeness (QED) is 0.656. The molecule has 0 bridgehead atoms. The van der Waals surface area contributed by atoms with Crippen LogP contribution in [0.3, 0.4) is 0 Å². The van der Waals surface area contributed by atoms with Gasteiger partial charge in [0.05, 0.1) is 16.3 Å². The lowest BCUT2D eigenvalue weighted by Crippen LogP contribution is -2.44. The lowest BCUT2D eigenvalue weighted by atomic mass is 10.1. The molecule has 1 heterocycles. The average Bonchev–Trinajstić information content (AvgIpc) is 2.74. The predicted molar refractivity (Wildman–Crippen MR) is 126 cm³/mol. The van der Waals surface area contributed by atoms with Crippen LogP contribution in [-0.2, 0) is 10.0 Å². The Morgan fingerprint density at radius 2 is 1.74 bits per heavy atom. The highest BCUT2D eigenvalue weighted by Crippen LogP contribution is 2.30. The van der Waals surface area contributed by atoms with E-state index in [-0.39, 0.29) is 16.8 Å². The molecule has 0 aromatic heterocycles. The number of nitrogens with one attached hydrogen (secondary N) is 2. The van der Waals surface area contributed by atoms with Gasteiger partial charge in [-0.25, -0.2) is 13.1 Å². The maximum absolute atomic E-state index is 12.9. The molecule has 1 fully saturated rings. The molecule has 1 unspecified atom stereocenters. The minimum absolute atomic E-state index is 0.130. The van der Waals surface area contributed by atoms with Crippen LogP contribution in [0.2, 0.25) is 5.02 Å². The number of piperazine rings is 1. The molecular formula is C22H29ClN4O3S. The molecule has 1 saturated heterocycles. The zero-order valence-electron chi connectivity index (χ0n) is 18.1. The SMILES string of the molecule is CCC(C)NS(=O)(=O)c1ccc(C(=O)Nc2cc(Cl)ccc2N2CCN(C)CC2)cc1. The highest BCUT2D eigenvalue weighted by atomic mass is 35.5. The summed E-state index contributed by atoms with van der Waals surface area (Å²) in [5.74, 6) is -0.323. The van der Waals surface area contributed by atoms with Crippen molar-refractivity contribution >= 4 is 38.9 Å². The first-order valence-corrected chi connectivity index (χ1v) is 12.2. The van der Waals surface area contributed by atoms with Crippen LogP contribution in [0.15, 0.2) is 47.4 Å². The zero-order valence-corrected chi connectivity index (χ0v) is 19.6. The summed E-state index contributed by atoms with van der Waals surface area (Å²) in [6.45, 7) is 7.32. The first-order valence-electron chi connectivity index (χ1n) is 10.4. The van der Waals surface area contributed by atoms with Gasteiger partial charge in [-0.3, -0.25) is 4.79 Å². The maximum atomic E-state index is 12.9. The Labute approximate surface area is 189 Å². The van der Waals surface area contributed by atoms with Crippen molar-refractivity contribution in [2.24, 2.45) is 0 Å². The van der Waals surface area contributed by atoms with Gasteiger partial charge in [-0.15, -0.1) is 0 Å². The van der Waals surface area contributed by atoms with Gasteiger partial charge in [-0.2, -0.15) is 0 Å². The Kier molecular flexibility index (Phi) is 7.59. The van der Waals surface area contributed by atoms with Gasteiger partial charge in [-0.1, -0.05) is 18.5 Å². The van der Waals surface area contributed by atoms with E-state index in [1.54, 1.807) is 6.07 Å². The standard InChI is InChI=1S/C22H29ClN4O3S/c1-4-16(2)25-31(29,30)19-8-5-17(6-9-19)22(28)24-20-15-18(23)7-10-21(20)27-13-11-26(3)12-14-27/h5-10,15-16,25H,4,11-14H2,1-3H3,(H,24,28). The first-order chi connectivity index (χ1) is 14.7. The summed E-state index contributed by atoms with van der Waals surface area (Å²) in [7, 11) is -1.53. The molecule has 0 saturated carbocycles. The van der Waals surface area contributed by atoms with E-state index < -0.39 is 10.0 Å². The van der Waals surface area contributed by atoms with Crippen molar-refractivity contribution in [1.29, 1.82) is 0 Å². The molecule has 31 heavy (non-hydrogen) atoms. The molecule has 9 heteroatoms. The second kappa shape index (κ2) is 9.99. The molecule has 2 aromatic rings. The predicted octanol–water partition coefficient (Wildman–Crippen LogP) is 3.42. The number of hydrogen-bond acceptors (Lipinski definition) is 5. The highest BCUT2D eigenvalue weighted by Gasteiger charge is 2.20. The first kappa shape index (κ1) is 23.5. The smallest absolute Gasteiger partial charge is 0.255 e. The molecule has 168 valence electrons. The summed E-state index contributed by atoms with van der Waals surface area (Å²) in [5.41, 5.74) is 1.92. The Morgan fingerprint density at radius 1 is 1.10 bits per heavy atom. The van der Waals surface area contributed by atoms with E-state index in [0.717, 1.165) is 31.9 Å². The molecule has 1 aliphatic heterocycles. The van der Waals surface area contributed by atoms with E-state index in [1.165, 1.54) is 24.3 Å². The van der Waals surface area contributed by atoms with Crippen molar-refractivity contribution < 1.29 is 13.2 Å². The van der Waals surface area contributed by atoms with Gasteiger partial charge >= 0.3 is 0 Å². The van der Waals surface area contributed by atoms with Crippen LogP contribution in [0, 0.1) is 0 Å². The van der Waals surface area contributed by atoms with Gasteiger partial charge in [0.15, 0.2) is 0 Å². The van der Waals surface area contributed by atoms with E-state index in [9.17, 15) is 13.2 Å².